The fourth-order valence-electron chi connectivity index (χ4n) is 5.56. The van der Waals surface area contributed by atoms with E-state index in [4.69, 9.17) is 9.47 Å². The zero-order valence-corrected chi connectivity index (χ0v) is 13.6. The molecule has 0 amide bonds. The van der Waals surface area contributed by atoms with Gasteiger partial charge in [-0.1, -0.05) is 0 Å². The number of hydrogen-bond acceptors (Lipinski definition) is 5. The van der Waals surface area contributed by atoms with Crippen molar-refractivity contribution in [3.05, 3.63) is 22.8 Å². The van der Waals surface area contributed by atoms with Gasteiger partial charge in [0.05, 0.1) is 0 Å². The fraction of sp³-hybridized carbons (Fsp3) is 0.667. The number of aliphatic hydroxyl groups excluding tert-OH is 1. The van der Waals surface area contributed by atoms with E-state index in [9.17, 15) is 10.2 Å². The monoisotopic (exact) mass is 317 g/mol. The molecule has 1 spiro atoms. The number of benzene rings is 1. The topological polar surface area (TPSA) is 62.2 Å². The average Bonchev–Trinajstić information content (AvgIpc) is 2.88. The molecule has 2 heterocycles. The van der Waals surface area contributed by atoms with Crippen molar-refractivity contribution in [1.82, 2.24) is 4.90 Å². The van der Waals surface area contributed by atoms with E-state index in [1.165, 1.54) is 16.7 Å². The summed E-state index contributed by atoms with van der Waals surface area (Å²) in [5.74, 6) is -0.278. The second-order valence-electron chi connectivity index (χ2n) is 7.75. The van der Waals surface area contributed by atoms with Crippen molar-refractivity contribution in [3.63, 3.8) is 0 Å². The normalized spacial score (nSPS) is 40.7. The van der Waals surface area contributed by atoms with E-state index in [1.807, 2.05) is 6.07 Å². The molecular formula is C18H23NO4. The molecule has 1 fully saturated rings. The average molecular weight is 317 g/mol. The number of aromatic hydroxyl groups is 1. The highest BCUT2D eigenvalue weighted by molar-refractivity contribution is 5.63. The van der Waals surface area contributed by atoms with Gasteiger partial charge in [0.25, 0.3) is 0 Å². The van der Waals surface area contributed by atoms with Gasteiger partial charge in [0, 0.05) is 37.1 Å². The Morgan fingerprint density at radius 1 is 1.43 bits per heavy atom. The summed E-state index contributed by atoms with van der Waals surface area (Å²) >= 11 is 0. The van der Waals surface area contributed by atoms with E-state index in [2.05, 4.69) is 11.9 Å². The lowest BCUT2D eigenvalue weighted by molar-refractivity contribution is -0.261. The maximum atomic E-state index is 10.6. The Bertz CT molecular complexity index is 705. The minimum atomic E-state index is -1.02. The summed E-state index contributed by atoms with van der Waals surface area (Å²) in [6.07, 6.45) is 3.62. The molecule has 1 aromatic rings. The van der Waals surface area contributed by atoms with Gasteiger partial charge in [-0.3, -0.25) is 4.90 Å². The molecule has 5 nitrogen and oxygen atoms in total. The lowest BCUT2D eigenvalue weighted by atomic mass is 9.65. The van der Waals surface area contributed by atoms with Crippen LogP contribution in [0.3, 0.4) is 0 Å². The largest absolute Gasteiger partial charge is 0.504 e. The quantitative estimate of drug-likeness (QED) is 0.827. The van der Waals surface area contributed by atoms with Crippen LogP contribution in [0.2, 0.25) is 0 Å². The Hall–Kier alpha value is -1.30. The highest BCUT2D eigenvalue weighted by Crippen LogP contribution is 2.65. The molecule has 2 aliphatic heterocycles. The molecular weight excluding hydrogens is 294 g/mol. The Morgan fingerprint density at radius 3 is 3.04 bits per heavy atom. The molecule has 4 atom stereocenters. The van der Waals surface area contributed by atoms with Crippen LogP contribution in [0.25, 0.3) is 0 Å². The van der Waals surface area contributed by atoms with Crippen LogP contribution in [0.4, 0.5) is 0 Å². The van der Waals surface area contributed by atoms with Gasteiger partial charge >= 0.3 is 0 Å². The maximum Gasteiger partial charge on any atom is 0.237 e. The Labute approximate surface area is 135 Å². The van der Waals surface area contributed by atoms with Crippen LogP contribution < -0.4 is 4.74 Å². The number of nitrogens with zero attached hydrogens (tertiary/aromatic N) is 1. The summed E-state index contributed by atoms with van der Waals surface area (Å²) < 4.78 is 11.8. The van der Waals surface area contributed by atoms with Gasteiger partial charge in [-0.2, -0.15) is 0 Å². The lowest BCUT2D eigenvalue weighted by Crippen LogP contribution is -2.59. The minimum Gasteiger partial charge on any atom is -0.504 e. The molecule has 4 aliphatic rings. The molecule has 5 heteroatoms. The number of fused-ring (bicyclic) bond motifs is 1. The van der Waals surface area contributed by atoms with Crippen LogP contribution in [0.5, 0.6) is 11.5 Å². The first-order valence-electron chi connectivity index (χ1n) is 8.51. The zero-order chi connectivity index (χ0) is 16.0. The number of rotatable bonds is 1. The van der Waals surface area contributed by atoms with Crippen molar-refractivity contribution in [2.75, 3.05) is 20.7 Å². The van der Waals surface area contributed by atoms with Gasteiger partial charge in [0.15, 0.2) is 11.5 Å². The van der Waals surface area contributed by atoms with Crippen LogP contribution in [-0.2, 0) is 16.6 Å². The van der Waals surface area contributed by atoms with Crippen LogP contribution in [-0.4, -0.2) is 47.7 Å². The first-order valence-corrected chi connectivity index (χ1v) is 8.51. The van der Waals surface area contributed by atoms with Crippen molar-refractivity contribution in [2.24, 2.45) is 0 Å². The molecule has 0 aromatic heterocycles. The number of phenols is 1. The third-order valence-electron chi connectivity index (χ3n) is 6.71. The highest BCUT2D eigenvalue weighted by atomic mass is 16.7. The SMILES string of the molecule is CO[C@@]12C[C@@]3(CC[C@@H]1O)C[C@@H]1c4c(cc(O)c(c43)O2)CCN1C. The zero-order valence-electron chi connectivity index (χ0n) is 13.6. The Morgan fingerprint density at radius 2 is 2.26 bits per heavy atom. The summed E-state index contributed by atoms with van der Waals surface area (Å²) in [4.78, 5) is 2.42. The van der Waals surface area contributed by atoms with Crippen LogP contribution in [0.15, 0.2) is 6.07 Å². The molecule has 5 rings (SSSR count). The molecule has 1 aromatic carbocycles. The highest BCUT2D eigenvalue weighted by Gasteiger charge is 2.62. The molecule has 2 N–H and O–H groups in total. The number of hydrogen-bond donors (Lipinski definition) is 2. The predicted octanol–water partition coefficient (Wildman–Crippen LogP) is 1.84. The Balaban J connectivity index is 1.79. The van der Waals surface area contributed by atoms with Gasteiger partial charge in [-0.25, -0.2) is 0 Å². The minimum absolute atomic E-state index is 0.0467. The summed E-state index contributed by atoms with van der Waals surface area (Å²) in [6.45, 7) is 1.02. The molecule has 0 saturated heterocycles. The van der Waals surface area contributed by atoms with Gasteiger partial charge in [-0.05, 0) is 49.9 Å². The molecule has 1 saturated carbocycles. The van der Waals surface area contributed by atoms with Crippen LogP contribution >= 0.6 is 0 Å². The molecule has 124 valence electrons. The lowest BCUT2D eigenvalue weighted by Gasteiger charge is -2.52. The summed E-state index contributed by atoms with van der Waals surface area (Å²) in [5.41, 5.74) is 3.78. The smallest absolute Gasteiger partial charge is 0.237 e. The standard InChI is InChI=1S/C18H23NO4/c1-19-6-4-10-7-12(20)16-15-14(10)11(19)8-17(15)5-3-13(21)18(9-17,22-2)23-16/h7,11,13,20-21H,3-6,8-9H2,1-2H3/t11-,13+,17-,18-/m1/s1. The number of aliphatic hydroxyl groups is 1. The molecule has 2 bridgehead atoms. The van der Waals surface area contributed by atoms with E-state index < -0.39 is 11.9 Å². The molecule has 0 radical (unpaired) electrons. The van der Waals surface area contributed by atoms with Crippen molar-refractivity contribution in [3.8, 4) is 11.5 Å². The van der Waals surface area contributed by atoms with E-state index in [0.29, 0.717) is 24.6 Å². The number of ether oxygens (including phenoxy) is 2. The number of methoxy groups -OCH3 is 1. The van der Waals surface area contributed by atoms with Crippen LogP contribution in [0.1, 0.15) is 48.4 Å². The van der Waals surface area contributed by atoms with Gasteiger partial charge in [0.1, 0.15) is 6.10 Å². The Kier molecular flexibility index (Phi) is 2.57. The van der Waals surface area contributed by atoms with Crippen molar-refractivity contribution >= 4 is 0 Å². The van der Waals surface area contributed by atoms with E-state index in [-0.39, 0.29) is 11.2 Å². The number of phenolic OH excluding ortho intramolecular Hbond substituents is 1. The van der Waals surface area contributed by atoms with Crippen LogP contribution in [0, 0.1) is 0 Å². The third kappa shape index (κ3) is 1.53. The predicted molar refractivity (Wildman–Crippen MR) is 83.7 cm³/mol. The van der Waals surface area contributed by atoms with Crippen molar-refractivity contribution in [2.45, 2.75) is 55.5 Å². The van der Waals surface area contributed by atoms with Gasteiger partial charge in [-0.15, -0.1) is 0 Å². The summed E-state index contributed by atoms with van der Waals surface area (Å²) in [7, 11) is 3.78. The fourth-order valence-corrected chi connectivity index (χ4v) is 5.56. The number of likely N-dealkylation sites (N-methyl/N-ethyl adjacent to an activating group) is 1. The third-order valence-corrected chi connectivity index (χ3v) is 6.71. The van der Waals surface area contributed by atoms with E-state index in [1.54, 1.807) is 7.11 Å². The second kappa shape index (κ2) is 4.21. The maximum absolute atomic E-state index is 10.6. The summed E-state index contributed by atoms with van der Waals surface area (Å²) in [6, 6.07) is 2.25. The van der Waals surface area contributed by atoms with Crippen molar-refractivity contribution < 1.29 is 19.7 Å². The van der Waals surface area contributed by atoms with Crippen molar-refractivity contribution in [1.29, 1.82) is 0 Å². The second-order valence-corrected chi connectivity index (χ2v) is 7.75. The molecule has 0 unspecified atom stereocenters. The first-order chi connectivity index (χ1) is 11.0. The summed E-state index contributed by atoms with van der Waals surface area (Å²) in [5, 5.41) is 21.1. The molecule has 2 aliphatic carbocycles. The first kappa shape index (κ1) is 14.1. The van der Waals surface area contributed by atoms with E-state index >= 15 is 0 Å². The van der Waals surface area contributed by atoms with Gasteiger partial charge < -0.3 is 19.7 Å². The van der Waals surface area contributed by atoms with Gasteiger partial charge in [0.2, 0.25) is 5.79 Å². The molecule has 23 heavy (non-hydrogen) atoms. The van der Waals surface area contributed by atoms with E-state index in [0.717, 1.165) is 25.8 Å².